The fourth-order valence-electron chi connectivity index (χ4n) is 3.93. The van der Waals surface area contributed by atoms with Crippen LogP contribution in [0.3, 0.4) is 0 Å². The molecule has 0 unspecified atom stereocenters. The second-order valence-electron chi connectivity index (χ2n) is 7.57. The Balaban J connectivity index is 1.78. The maximum absolute atomic E-state index is 4.98. The second kappa shape index (κ2) is 7.72. The molecule has 0 bridgehead atoms. The lowest BCUT2D eigenvalue weighted by Gasteiger charge is -2.16. The van der Waals surface area contributed by atoms with Gasteiger partial charge in [-0.3, -0.25) is 4.68 Å². The Bertz CT molecular complexity index is 1310. The lowest BCUT2D eigenvalue weighted by atomic mass is 10.1. The molecule has 31 heavy (non-hydrogen) atoms. The van der Waals surface area contributed by atoms with Crippen LogP contribution in [0, 0.1) is 13.8 Å². The third kappa shape index (κ3) is 3.26. The predicted molar refractivity (Wildman–Crippen MR) is 122 cm³/mol. The van der Waals surface area contributed by atoms with Gasteiger partial charge >= 0.3 is 0 Å². The van der Waals surface area contributed by atoms with E-state index in [0.717, 1.165) is 46.1 Å². The molecule has 0 saturated carbocycles. The smallest absolute Gasteiger partial charge is 0.254 e. The molecule has 0 aliphatic heterocycles. The normalized spacial score (nSPS) is 11.2. The third-order valence-corrected chi connectivity index (χ3v) is 5.48. The minimum atomic E-state index is 0.667. The molecule has 0 atom stereocenters. The highest BCUT2D eigenvalue weighted by molar-refractivity contribution is 5.69. The molecular weight excluding hydrogens is 384 g/mol. The van der Waals surface area contributed by atoms with Crippen molar-refractivity contribution in [1.82, 2.24) is 29.3 Å². The number of aryl methyl sites for hydroxylation is 3. The fourth-order valence-corrected chi connectivity index (χ4v) is 3.93. The van der Waals surface area contributed by atoms with Crippen LogP contribution in [-0.2, 0) is 6.42 Å². The zero-order valence-corrected chi connectivity index (χ0v) is 17.9. The van der Waals surface area contributed by atoms with Gasteiger partial charge in [0.1, 0.15) is 0 Å². The summed E-state index contributed by atoms with van der Waals surface area (Å²) in [6.07, 6.45) is 0.761. The molecule has 0 spiro atoms. The van der Waals surface area contributed by atoms with Crippen LogP contribution in [0.25, 0.3) is 28.5 Å². The van der Waals surface area contributed by atoms with Gasteiger partial charge in [0.15, 0.2) is 5.82 Å². The van der Waals surface area contributed by atoms with E-state index in [-0.39, 0.29) is 0 Å². The van der Waals surface area contributed by atoms with Crippen LogP contribution in [0.2, 0.25) is 0 Å². The lowest BCUT2D eigenvalue weighted by Crippen LogP contribution is -2.20. The van der Waals surface area contributed by atoms with Gasteiger partial charge in [-0.25, -0.2) is 0 Å². The third-order valence-electron chi connectivity index (χ3n) is 5.48. The second-order valence-corrected chi connectivity index (χ2v) is 7.57. The Kier molecular flexibility index (Phi) is 4.75. The molecule has 0 N–H and O–H groups in total. The molecule has 0 amide bonds. The van der Waals surface area contributed by atoms with Crippen LogP contribution in [0.4, 0.5) is 0 Å². The average Bonchev–Trinajstić information content (AvgIpc) is 3.51. The molecule has 154 valence electrons. The van der Waals surface area contributed by atoms with Crippen molar-refractivity contribution in [2.45, 2.75) is 27.2 Å². The van der Waals surface area contributed by atoms with Gasteiger partial charge in [0.05, 0.1) is 11.4 Å². The van der Waals surface area contributed by atoms with Crippen LogP contribution >= 0.6 is 0 Å². The standard InChI is InChI=1S/C25H24N6/c1-4-24-26-27-25(31(24)30-18(2)15-16-19(30)3)29-23(21-13-9-6-10-14-21)17-22(28-29)20-11-7-5-8-12-20/h5-17H,4H2,1-3H3. The number of nitrogens with zero attached hydrogens (tertiary/aromatic N) is 6. The molecule has 0 aliphatic rings. The first-order chi connectivity index (χ1) is 15.2. The van der Waals surface area contributed by atoms with E-state index >= 15 is 0 Å². The highest BCUT2D eigenvalue weighted by atomic mass is 15.6. The number of rotatable bonds is 5. The van der Waals surface area contributed by atoms with E-state index in [1.807, 2.05) is 41.1 Å². The summed E-state index contributed by atoms with van der Waals surface area (Å²) >= 11 is 0. The molecule has 2 aromatic carbocycles. The zero-order valence-electron chi connectivity index (χ0n) is 17.9. The summed E-state index contributed by atoms with van der Waals surface area (Å²) < 4.78 is 6.12. The van der Waals surface area contributed by atoms with Gasteiger partial charge in [-0.2, -0.15) is 14.5 Å². The fraction of sp³-hybridized carbons (Fsp3) is 0.160. The lowest BCUT2D eigenvalue weighted by molar-refractivity contribution is 0.567. The molecule has 6 heteroatoms. The van der Waals surface area contributed by atoms with Gasteiger partial charge in [0, 0.05) is 28.9 Å². The number of hydrogen-bond donors (Lipinski definition) is 0. The van der Waals surface area contributed by atoms with Gasteiger partial charge in [-0.1, -0.05) is 67.6 Å². The molecule has 0 saturated heterocycles. The van der Waals surface area contributed by atoms with Gasteiger partial charge in [0.25, 0.3) is 5.95 Å². The van der Waals surface area contributed by atoms with E-state index in [9.17, 15) is 0 Å². The Morgan fingerprint density at radius 2 is 1.32 bits per heavy atom. The van der Waals surface area contributed by atoms with E-state index in [4.69, 9.17) is 5.10 Å². The minimum Gasteiger partial charge on any atom is -0.254 e. The summed E-state index contributed by atoms with van der Waals surface area (Å²) in [6, 6.07) is 26.8. The van der Waals surface area contributed by atoms with Crippen molar-refractivity contribution >= 4 is 0 Å². The van der Waals surface area contributed by atoms with E-state index < -0.39 is 0 Å². The Morgan fingerprint density at radius 3 is 1.94 bits per heavy atom. The van der Waals surface area contributed by atoms with Gasteiger partial charge in [0.2, 0.25) is 0 Å². The molecule has 0 fully saturated rings. The van der Waals surface area contributed by atoms with Crippen LogP contribution < -0.4 is 0 Å². The van der Waals surface area contributed by atoms with E-state index in [0.29, 0.717) is 5.95 Å². The number of aromatic nitrogens is 6. The summed E-state index contributed by atoms with van der Waals surface area (Å²) in [5.74, 6) is 1.55. The van der Waals surface area contributed by atoms with Crippen LogP contribution in [-0.4, -0.2) is 29.3 Å². The van der Waals surface area contributed by atoms with Crippen LogP contribution in [0.1, 0.15) is 24.1 Å². The Morgan fingerprint density at radius 1 is 0.710 bits per heavy atom. The highest BCUT2D eigenvalue weighted by Crippen LogP contribution is 2.29. The summed E-state index contributed by atoms with van der Waals surface area (Å²) in [5, 5.41) is 14.1. The van der Waals surface area contributed by atoms with Gasteiger partial charge in [-0.15, -0.1) is 10.2 Å². The number of benzene rings is 2. The summed E-state index contributed by atoms with van der Waals surface area (Å²) in [4.78, 5) is 0. The Labute approximate surface area is 181 Å². The molecule has 3 aromatic heterocycles. The molecule has 0 aliphatic carbocycles. The van der Waals surface area contributed by atoms with Crippen LogP contribution in [0.15, 0.2) is 78.9 Å². The van der Waals surface area contributed by atoms with Crippen molar-refractivity contribution in [2.75, 3.05) is 0 Å². The van der Waals surface area contributed by atoms with E-state index in [1.54, 1.807) is 0 Å². The average molecular weight is 409 g/mol. The molecule has 5 aromatic rings. The SMILES string of the molecule is CCc1nnc(-n2nc(-c3ccccc3)cc2-c2ccccc2)n1-n1c(C)ccc1C. The first-order valence-corrected chi connectivity index (χ1v) is 10.5. The van der Waals surface area contributed by atoms with E-state index in [2.05, 4.69) is 82.8 Å². The van der Waals surface area contributed by atoms with Crippen molar-refractivity contribution in [3.63, 3.8) is 0 Å². The minimum absolute atomic E-state index is 0.667. The quantitative estimate of drug-likeness (QED) is 0.407. The highest BCUT2D eigenvalue weighted by Gasteiger charge is 2.21. The van der Waals surface area contributed by atoms with Crippen molar-refractivity contribution in [3.8, 4) is 28.5 Å². The molecule has 5 rings (SSSR count). The van der Waals surface area contributed by atoms with Crippen LogP contribution in [0.5, 0.6) is 0 Å². The topological polar surface area (TPSA) is 53.5 Å². The monoisotopic (exact) mass is 408 g/mol. The summed E-state index contributed by atoms with van der Waals surface area (Å²) in [5.41, 5.74) is 6.24. The first-order valence-electron chi connectivity index (χ1n) is 10.5. The predicted octanol–water partition coefficient (Wildman–Crippen LogP) is 5.09. The van der Waals surface area contributed by atoms with Gasteiger partial charge < -0.3 is 0 Å². The molecule has 3 heterocycles. The van der Waals surface area contributed by atoms with Crippen molar-refractivity contribution < 1.29 is 0 Å². The molecule has 0 radical (unpaired) electrons. The number of hydrogen-bond acceptors (Lipinski definition) is 3. The largest absolute Gasteiger partial charge is 0.272 e. The maximum Gasteiger partial charge on any atom is 0.272 e. The summed E-state index contributed by atoms with van der Waals surface area (Å²) in [6.45, 7) is 6.27. The summed E-state index contributed by atoms with van der Waals surface area (Å²) in [7, 11) is 0. The van der Waals surface area contributed by atoms with Crippen molar-refractivity contribution in [3.05, 3.63) is 96.1 Å². The maximum atomic E-state index is 4.98. The van der Waals surface area contributed by atoms with E-state index in [1.165, 1.54) is 0 Å². The first kappa shape index (κ1) is 19.1. The van der Waals surface area contributed by atoms with Crippen molar-refractivity contribution in [1.29, 1.82) is 0 Å². The molecular formula is C25H24N6. The zero-order chi connectivity index (χ0) is 21.4. The van der Waals surface area contributed by atoms with Gasteiger partial charge in [-0.05, 0) is 32.0 Å². The Hall–Kier alpha value is -3.93. The van der Waals surface area contributed by atoms with Crippen molar-refractivity contribution in [2.24, 2.45) is 0 Å². The molecule has 6 nitrogen and oxygen atoms in total.